The lowest BCUT2D eigenvalue weighted by Crippen LogP contribution is -2.00. The quantitative estimate of drug-likeness (QED) is 0.502. The molecule has 0 aromatic rings. The van der Waals surface area contributed by atoms with Crippen molar-refractivity contribution >= 4 is 0 Å². The van der Waals surface area contributed by atoms with Gasteiger partial charge in [-0.05, 0) is 25.3 Å². The van der Waals surface area contributed by atoms with Crippen LogP contribution in [0.25, 0.3) is 0 Å². The number of rotatable bonds is 2. The molecule has 0 saturated heterocycles. The van der Waals surface area contributed by atoms with Crippen molar-refractivity contribution in [2.75, 3.05) is 6.54 Å². The molecule has 0 amide bonds. The monoisotopic (exact) mass is 101 g/mol. The molecule has 42 valence electrons. The van der Waals surface area contributed by atoms with E-state index in [2.05, 4.69) is 0 Å². The molecule has 0 aliphatic heterocycles. The summed E-state index contributed by atoms with van der Waals surface area (Å²) < 4.78 is 0. The maximum absolute atomic E-state index is 8.70. The SMILES string of the molecule is NCCC1CC1O. The largest absolute Gasteiger partial charge is 0.393 e. The average molecular weight is 101 g/mol. The Kier molecular flexibility index (Phi) is 1.30. The molecule has 1 rings (SSSR count). The number of aliphatic hydroxyl groups is 1. The molecule has 1 aliphatic carbocycles. The second kappa shape index (κ2) is 1.80. The molecule has 1 fully saturated rings. The Morgan fingerprint density at radius 1 is 1.71 bits per heavy atom. The number of nitrogens with two attached hydrogens (primary N) is 1. The summed E-state index contributed by atoms with van der Waals surface area (Å²) in [6.45, 7) is 0.724. The Bertz CT molecular complexity index is 65.1. The van der Waals surface area contributed by atoms with Crippen LogP contribution in [0.1, 0.15) is 12.8 Å². The van der Waals surface area contributed by atoms with Gasteiger partial charge in [-0.1, -0.05) is 0 Å². The first-order chi connectivity index (χ1) is 3.34. The van der Waals surface area contributed by atoms with Gasteiger partial charge in [-0.15, -0.1) is 0 Å². The first kappa shape index (κ1) is 5.06. The van der Waals surface area contributed by atoms with Crippen molar-refractivity contribution < 1.29 is 5.11 Å². The van der Waals surface area contributed by atoms with Gasteiger partial charge in [0.15, 0.2) is 0 Å². The number of hydrogen-bond acceptors (Lipinski definition) is 2. The molecule has 0 radical (unpaired) electrons. The van der Waals surface area contributed by atoms with E-state index in [1.165, 1.54) is 0 Å². The minimum absolute atomic E-state index is 0.0106. The lowest BCUT2D eigenvalue weighted by molar-refractivity contribution is 0.257. The van der Waals surface area contributed by atoms with Gasteiger partial charge in [0.1, 0.15) is 0 Å². The zero-order valence-electron chi connectivity index (χ0n) is 4.30. The van der Waals surface area contributed by atoms with Crippen LogP contribution in [0, 0.1) is 5.92 Å². The first-order valence-electron chi connectivity index (χ1n) is 2.72. The maximum Gasteiger partial charge on any atom is 0.0573 e. The highest BCUT2D eigenvalue weighted by Gasteiger charge is 2.33. The summed E-state index contributed by atoms with van der Waals surface area (Å²) in [6, 6.07) is 0. The van der Waals surface area contributed by atoms with Gasteiger partial charge in [-0.2, -0.15) is 0 Å². The van der Waals surface area contributed by atoms with E-state index in [-0.39, 0.29) is 6.10 Å². The number of aliphatic hydroxyl groups excluding tert-OH is 1. The van der Waals surface area contributed by atoms with E-state index < -0.39 is 0 Å². The van der Waals surface area contributed by atoms with Gasteiger partial charge >= 0.3 is 0 Å². The predicted octanol–water partition coefficient (Wildman–Crippen LogP) is -0.284. The Hall–Kier alpha value is -0.0800. The average Bonchev–Trinajstić information content (AvgIpc) is 2.22. The molecule has 7 heavy (non-hydrogen) atoms. The van der Waals surface area contributed by atoms with Crippen molar-refractivity contribution in [1.29, 1.82) is 0 Å². The van der Waals surface area contributed by atoms with Gasteiger partial charge in [0.05, 0.1) is 6.10 Å². The molecule has 1 aliphatic rings. The fraction of sp³-hybridized carbons (Fsp3) is 1.00. The minimum atomic E-state index is -0.0106. The van der Waals surface area contributed by atoms with Crippen LogP contribution in [0.3, 0.4) is 0 Å². The third-order valence-corrected chi connectivity index (χ3v) is 1.42. The summed E-state index contributed by atoms with van der Waals surface area (Å²) in [6.07, 6.45) is 1.97. The van der Waals surface area contributed by atoms with Crippen molar-refractivity contribution in [2.24, 2.45) is 11.7 Å². The van der Waals surface area contributed by atoms with Crippen molar-refractivity contribution in [1.82, 2.24) is 0 Å². The molecule has 2 unspecified atom stereocenters. The van der Waals surface area contributed by atoms with E-state index in [0.29, 0.717) is 5.92 Å². The maximum atomic E-state index is 8.70. The Morgan fingerprint density at radius 2 is 2.29 bits per heavy atom. The van der Waals surface area contributed by atoms with Crippen molar-refractivity contribution in [2.45, 2.75) is 18.9 Å². The Morgan fingerprint density at radius 3 is 2.43 bits per heavy atom. The molecule has 2 heteroatoms. The standard InChI is InChI=1S/C5H11NO/c6-2-1-4-3-5(4)7/h4-5,7H,1-3,6H2. The van der Waals surface area contributed by atoms with Gasteiger partial charge in [0, 0.05) is 0 Å². The highest BCUT2D eigenvalue weighted by atomic mass is 16.3. The zero-order chi connectivity index (χ0) is 5.28. The molecule has 0 spiro atoms. The zero-order valence-corrected chi connectivity index (χ0v) is 4.30. The molecule has 2 atom stereocenters. The van der Waals surface area contributed by atoms with Gasteiger partial charge in [-0.25, -0.2) is 0 Å². The summed E-state index contributed by atoms with van der Waals surface area (Å²) in [5.74, 6) is 0.546. The summed E-state index contributed by atoms with van der Waals surface area (Å²) in [4.78, 5) is 0. The second-order valence-corrected chi connectivity index (χ2v) is 2.14. The van der Waals surface area contributed by atoms with Crippen LogP contribution in [0.5, 0.6) is 0 Å². The second-order valence-electron chi connectivity index (χ2n) is 2.14. The van der Waals surface area contributed by atoms with Crippen LogP contribution < -0.4 is 5.73 Å². The highest BCUT2D eigenvalue weighted by molar-refractivity contribution is 4.85. The fourth-order valence-corrected chi connectivity index (χ4v) is 0.756. The molecular weight excluding hydrogens is 90.1 g/mol. The van der Waals surface area contributed by atoms with Crippen LogP contribution in [-0.4, -0.2) is 17.8 Å². The van der Waals surface area contributed by atoms with Crippen LogP contribution in [0.15, 0.2) is 0 Å². The smallest absolute Gasteiger partial charge is 0.0573 e. The van der Waals surface area contributed by atoms with Crippen LogP contribution in [0.2, 0.25) is 0 Å². The highest BCUT2D eigenvalue weighted by Crippen LogP contribution is 2.32. The molecule has 1 saturated carbocycles. The molecule has 0 heterocycles. The van der Waals surface area contributed by atoms with E-state index >= 15 is 0 Å². The van der Waals surface area contributed by atoms with E-state index in [1.807, 2.05) is 0 Å². The molecule has 0 aromatic heterocycles. The van der Waals surface area contributed by atoms with E-state index in [0.717, 1.165) is 19.4 Å². The fourth-order valence-electron chi connectivity index (χ4n) is 0.756. The lowest BCUT2D eigenvalue weighted by Gasteiger charge is -1.86. The topological polar surface area (TPSA) is 46.2 Å². The lowest BCUT2D eigenvalue weighted by atomic mass is 10.3. The first-order valence-corrected chi connectivity index (χ1v) is 2.72. The van der Waals surface area contributed by atoms with E-state index in [1.54, 1.807) is 0 Å². The Labute approximate surface area is 43.3 Å². The van der Waals surface area contributed by atoms with Crippen LogP contribution >= 0.6 is 0 Å². The van der Waals surface area contributed by atoms with Crippen LogP contribution in [-0.2, 0) is 0 Å². The van der Waals surface area contributed by atoms with Crippen molar-refractivity contribution in [3.05, 3.63) is 0 Å². The molecule has 0 bridgehead atoms. The minimum Gasteiger partial charge on any atom is -0.393 e. The normalized spacial score (nSPS) is 38.6. The molecule has 3 N–H and O–H groups in total. The van der Waals surface area contributed by atoms with Gasteiger partial charge in [0.2, 0.25) is 0 Å². The predicted molar refractivity (Wildman–Crippen MR) is 27.8 cm³/mol. The van der Waals surface area contributed by atoms with Gasteiger partial charge < -0.3 is 10.8 Å². The van der Waals surface area contributed by atoms with Gasteiger partial charge in [0.25, 0.3) is 0 Å². The van der Waals surface area contributed by atoms with E-state index in [4.69, 9.17) is 10.8 Å². The molecular formula is C5H11NO. The summed E-state index contributed by atoms with van der Waals surface area (Å²) in [5.41, 5.74) is 5.22. The van der Waals surface area contributed by atoms with Crippen LogP contribution in [0.4, 0.5) is 0 Å². The Balaban J connectivity index is 1.98. The summed E-state index contributed by atoms with van der Waals surface area (Å²) >= 11 is 0. The third kappa shape index (κ3) is 1.14. The van der Waals surface area contributed by atoms with Crippen molar-refractivity contribution in [3.8, 4) is 0 Å². The third-order valence-electron chi connectivity index (χ3n) is 1.42. The van der Waals surface area contributed by atoms with Crippen molar-refractivity contribution in [3.63, 3.8) is 0 Å². The number of hydrogen-bond donors (Lipinski definition) is 2. The summed E-state index contributed by atoms with van der Waals surface area (Å²) in [5, 5.41) is 8.70. The summed E-state index contributed by atoms with van der Waals surface area (Å²) in [7, 11) is 0. The molecule has 2 nitrogen and oxygen atoms in total. The molecule has 0 aromatic carbocycles. The van der Waals surface area contributed by atoms with Gasteiger partial charge in [-0.3, -0.25) is 0 Å². The van der Waals surface area contributed by atoms with E-state index in [9.17, 15) is 0 Å².